The van der Waals surface area contributed by atoms with Crippen molar-refractivity contribution in [2.75, 3.05) is 5.88 Å². The molecule has 5 heteroatoms. The van der Waals surface area contributed by atoms with Crippen LogP contribution in [0, 0.1) is 6.92 Å². The Labute approximate surface area is 127 Å². The third-order valence-electron chi connectivity index (χ3n) is 3.22. The molecule has 0 fully saturated rings. The SMILES string of the molecule is Cc1ccc(Cn2c(CCCl)nc3cc(Cl)ccc32)o1. The Balaban J connectivity index is 2.08. The summed E-state index contributed by atoms with van der Waals surface area (Å²) in [4.78, 5) is 4.62. The predicted molar refractivity (Wildman–Crippen MR) is 81.7 cm³/mol. The molecule has 104 valence electrons. The summed E-state index contributed by atoms with van der Waals surface area (Å²) in [5, 5.41) is 0.688. The lowest BCUT2D eigenvalue weighted by atomic mass is 10.3. The van der Waals surface area contributed by atoms with E-state index >= 15 is 0 Å². The van der Waals surface area contributed by atoms with Crippen LogP contribution >= 0.6 is 23.2 Å². The van der Waals surface area contributed by atoms with Crippen LogP contribution in [0.2, 0.25) is 5.02 Å². The number of aromatic nitrogens is 2. The first kappa shape index (κ1) is 13.5. The van der Waals surface area contributed by atoms with E-state index in [9.17, 15) is 0 Å². The van der Waals surface area contributed by atoms with Crippen molar-refractivity contribution in [1.29, 1.82) is 0 Å². The zero-order chi connectivity index (χ0) is 14.1. The van der Waals surface area contributed by atoms with Gasteiger partial charge in [0.25, 0.3) is 0 Å². The van der Waals surface area contributed by atoms with E-state index < -0.39 is 0 Å². The van der Waals surface area contributed by atoms with E-state index in [-0.39, 0.29) is 0 Å². The molecule has 1 aromatic carbocycles. The molecule has 2 heterocycles. The van der Waals surface area contributed by atoms with Gasteiger partial charge in [-0.05, 0) is 37.3 Å². The molecular weight excluding hydrogens is 295 g/mol. The molecule has 0 N–H and O–H groups in total. The number of hydrogen-bond acceptors (Lipinski definition) is 2. The zero-order valence-corrected chi connectivity index (χ0v) is 12.6. The van der Waals surface area contributed by atoms with E-state index in [2.05, 4.69) is 9.55 Å². The van der Waals surface area contributed by atoms with Gasteiger partial charge in [-0.15, -0.1) is 11.6 Å². The zero-order valence-electron chi connectivity index (χ0n) is 11.1. The smallest absolute Gasteiger partial charge is 0.123 e. The van der Waals surface area contributed by atoms with Crippen molar-refractivity contribution in [3.63, 3.8) is 0 Å². The van der Waals surface area contributed by atoms with E-state index in [1.54, 1.807) is 0 Å². The van der Waals surface area contributed by atoms with Gasteiger partial charge in [-0.1, -0.05) is 11.6 Å². The molecule has 3 rings (SSSR count). The maximum Gasteiger partial charge on any atom is 0.123 e. The van der Waals surface area contributed by atoms with Crippen molar-refractivity contribution in [2.24, 2.45) is 0 Å². The second-order valence-corrected chi connectivity index (χ2v) is 5.51. The van der Waals surface area contributed by atoms with Crippen molar-refractivity contribution >= 4 is 34.2 Å². The molecule has 2 aromatic heterocycles. The summed E-state index contributed by atoms with van der Waals surface area (Å²) >= 11 is 11.9. The summed E-state index contributed by atoms with van der Waals surface area (Å²) in [6.45, 7) is 2.59. The largest absolute Gasteiger partial charge is 0.464 e. The van der Waals surface area contributed by atoms with Crippen molar-refractivity contribution in [1.82, 2.24) is 9.55 Å². The lowest BCUT2D eigenvalue weighted by Gasteiger charge is -2.06. The van der Waals surface area contributed by atoms with Crippen molar-refractivity contribution in [3.05, 3.63) is 52.7 Å². The van der Waals surface area contributed by atoms with E-state index in [4.69, 9.17) is 27.6 Å². The van der Waals surface area contributed by atoms with Crippen LogP contribution in [0.3, 0.4) is 0 Å². The highest BCUT2D eigenvalue weighted by molar-refractivity contribution is 6.31. The van der Waals surface area contributed by atoms with E-state index in [0.29, 0.717) is 23.9 Å². The maximum atomic E-state index is 6.03. The molecule has 0 aliphatic carbocycles. The molecule has 0 aliphatic rings. The summed E-state index contributed by atoms with van der Waals surface area (Å²) in [6, 6.07) is 9.69. The first-order valence-electron chi connectivity index (χ1n) is 6.43. The molecule has 20 heavy (non-hydrogen) atoms. The van der Waals surface area contributed by atoms with Crippen molar-refractivity contribution in [2.45, 2.75) is 19.9 Å². The number of halogens is 2. The van der Waals surface area contributed by atoms with Crippen LogP contribution in [-0.4, -0.2) is 15.4 Å². The topological polar surface area (TPSA) is 31.0 Å². The Morgan fingerprint density at radius 1 is 1.25 bits per heavy atom. The molecule has 0 radical (unpaired) electrons. The van der Waals surface area contributed by atoms with Crippen LogP contribution in [-0.2, 0) is 13.0 Å². The Kier molecular flexibility index (Phi) is 3.72. The summed E-state index contributed by atoms with van der Waals surface area (Å²) in [6.07, 6.45) is 0.716. The fourth-order valence-corrected chi connectivity index (χ4v) is 2.67. The average molecular weight is 309 g/mol. The van der Waals surface area contributed by atoms with Gasteiger partial charge in [0.05, 0.1) is 17.6 Å². The van der Waals surface area contributed by atoms with Crippen LogP contribution in [0.25, 0.3) is 11.0 Å². The monoisotopic (exact) mass is 308 g/mol. The van der Waals surface area contributed by atoms with Gasteiger partial charge in [0.15, 0.2) is 0 Å². The maximum absolute atomic E-state index is 6.03. The Hall–Kier alpha value is -1.45. The van der Waals surface area contributed by atoms with Crippen LogP contribution in [0.15, 0.2) is 34.7 Å². The van der Waals surface area contributed by atoms with Gasteiger partial charge >= 0.3 is 0 Å². The number of alkyl halides is 1. The van der Waals surface area contributed by atoms with Gasteiger partial charge in [0, 0.05) is 17.3 Å². The predicted octanol–water partition coefficient (Wildman–Crippen LogP) is 4.42. The Morgan fingerprint density at radius 2 is 2.10 bits per heavy atom. The van der Waals surface area contributed by atoms with Gasteiger partial charge in [-0.3, -0.25) is 0 Å². The lowest BCUT2D eigenvalue weighted by molar-refractivity contribution is 0.469. The minimum absolute atomic E-state index is 0.536. The molecule has 0 aliphatic heterocycles. The van der Waals surface area contributed by atoms with Crippen LogP contribution in [0.5, 0.6) is 0 Å². The van der Waals surface area contributed by atoms with Gasteiger partial charge < -0.3 is 8.98 Å². The summed E-state index contributed by atoms with van der Waals surface area (Å²) in [5.74, 6) is 3.30. The fraction of sp³-hybridized carbons (Fsp3) is 0.267. The molecule has 0 atom stereocenters. The minimum atomic E-state index is 0.536. The number of furan rings is 1. The van der Waals surface area contributed by atoms with Crippen molar-refractivity contribution < 1.29 is 4.42 Å². The number of hydrogen-bond donors (Lipinski definition) is 0. The average Bonchev–Trinajstić information content (AvgIpc) is 2.95. The number of aryl methyl sites for hydroxylation is 2. The normalized spacial score (nSPS) is 11.3. The molecule has 0 bridgehead atoms. The molecule has 0 saturated heterocycles. The third kappa shape index (κ3) is 2.56. The molecule has 0 saturated carbocycles. The van der Waals surface area contributed by atoms with Crippen LogP contribution < -0.4 is 0 Å². The highest BCUT2D eigenvalue weighted by atomic mass is 35.5. The number of imidazole rings is 1. The standard InChI is InChI=1S/C15H14Cl2N2O/c1-10-2-4-12(20-10)9-19-14-5-3-11(17)8-13(14)18-15(19)6-7-16/h2-5,8H,6-7,9H2,1H3. The van der Waals surface area contributed by atoms with Crippen LogP contribution in [0.1, 0.15) is 17.3 Å². The van der Waals surface area contributed by atoms with E-state index in [0.717, 1.165) is 28.4 Å². The second-order valence-electron chi connectivity index (χ2n) is 4.70. The highest BCUT2D eigenvalue weighted by Crippen LogP contribution is 2.22. The quantitative estimate of drug-likeness (QED) is 0.668. The Bertz CT molecular complexity index is 745. The molecule has 3 aromatic rings. The molecular formula is C15H14Cl2N2O. The summed E-state index contributed by atoms with van der Waals surface area (Å²) in [5.41, 5.74) is 1.93. The number of benzene rings is 1. The highest BCUT2D eigenvalue weighted by Gasteiger charge is 2.12. The molecule has 0 unspecified atom stereocenters. The van der Waals surface area contributed by atoms with Gasteiger partial charge in [-0.2, -0.15) is 0 Å². The molecule has 3 nitrogen and oxygen atoms in total. The van der Waals surface area contributed by atoms with Crippen molar-refractivity contribution in [3.8, 4) is 0 Å². The van der Waals surface area contributed by atoms with E-state index in [1.165, 1.54) is 0 Å². The molecule has 0 amide bonds. The molecule has 0 spiro atoms. The second kappa shape index (κ2) is 5.51. The third-order valence-corrected chi connectivity index (χ3v) is 3.64. The van der Waals surface area contributed by atoms with E-state index in [1.807, 2.05) is 37.3 Å². The number of fused-ring (bicyclic) bond motifs is 1. The summed E-state index contributed by atoms with van der Waals surface area (Å²) in [7, 11) is 0. The number of nitrogens with zero attached hydrogens (tertiary/aromatic N) is 2. The fourth-order valence-electron chi connectivity index (χ4n) is 2.33. The summed E-state index contributed by atoms with van der Waals surface area (Å²) < 4.78 is 7.79. The lowest BCUT2D eigenvalue weighted by Crippen LogP contribution is -2.05. The van der Waals surface area contributed by atoms with Gasteiger partial charge in [0.1, 0.15) is 17.3 Å². The van der Waals surface area contributed by atoms with Crippen LogP contribution in [0.4, 0.5) is 0 Å². The minimum Gasteiger partial charge on any atom is -0.464 e. The first-order chi connectivity index (χ1) is 9.67. The van der Waals surface area contributed by atoms with Gasteiger partial charge in [-0.25, -0.2) is 4.98 Å². The number of rotatable bonds is 4. The first-order valence-corrected chi connectivity index (χ1v) is 7.34. The van der Waals surface area contributed by atoms with Gasteiger partial charge in [0.2, 0.25) is 0 Å². The Morgan fingerprint density at radius 3 is 2.80 bits per heavy atom.